The van der Waals surface area contributed by atoms with Crippen molar-refractivity contribution in [3.8, 4) is 5.75 Å². The maximum Gasteiger partial charge on any atom is 0.317 e. The Morgan fingerprint density at radius 1 is 1.13 bits per heavy atom. The molecule has 2 aliphatic heterocycles. The lowest BCUT2D eigenvalue weighted by Crippen LogP contribution is -2.53. The Labute approximate surface area is 181 Å². The fourth-order valence-corrected chi connectivity index (χ4v) is 4.88. The minimum Gasteiger partial charge on any atom is -0.487 e. The average molecular weight is 424 g/mol. The summed E-state index contributed by atoms with van der Waals surface area (Å²) in [5.41, 5.74) is 3.34. The summed E-state index contributed by atoms with van der Waals surface area (Å²) in [6.07, 6.45) is 5.73. The number of halogens is 1. The fraction of sp³-hybridized carbons (Fsp3) is 0.375. The van der Waals surface area contributed by atoms with Crippen molar-refractivity contribution in [1.82, 2.24) is 14.8 Å². The Bertz CT molecular complexity index is 1100. The molecule has 0 atom stereocenters. The van der Waals surface area contributed by atoms with Crippen LogP contribution in [-0.2, 0) is 20.0 Å². The van der Waals surface area contributed by atoms with Gasteiger partial charge in [-0.25, -0.2) is 4.79 Å². The Hall–Kier alpha value is -2.66. The zero-order valence-corrected chi connectivity index (χ0v) is 17.9. The molecule has 156 valence electrons. The first-order chi connectivity index (χ1) is 14.5. The molecule has 1 fully saturated rings. The van der Waals surface area contributed by atoms with E-state index in [2.05, 4.69) is 40.3 Å². The van der Waals surface area contributed by atoms with E-state index in [0.29, 0.717) is 19.6 Å². The second-order valence-electron chi connectivity index (χ2n) is 8.50. The van der Waals surface area contributed by atoms with Crippen LogP contribution in [-0.4, -0.2) is 34.2 Å². The second-order valence-corrected chi connectivity index (χ2v) is 8.94. The van der Waals surface area contributed by atoms with Crippen LogP contribution in [0.3, 0.4) is 0 Å². The third-order valence-corrected chi connectivity index (χ3v) is 6.79. The van der Waals surface area contributed by atoms with Crippen LogP contribution < -0.4 is 10.1 Å². The molecule has 0 aliphatic carbocycles. The lowest BCUT2D eigenvalue weighted by atomic mass is 9.83. The van der Waals surface area contributed by atoms with E-state index in [1.54, 1.807) is 0 Å². The first-order valence-corrected chi connectivity index (χ1v) is 10.9. The van der Waals surface area contributed by atoms with Gasteiger partial charge in [-0.1, -0.05) is 17.7 Å². The number of aromatic nitrogens is 1. The normalized spacial score (nSPS) is 17.6. The Balaban J connectivity index is 1.17. The molecular weight excluding hydrogens is 398 g/mol. The van der Waals surface area contributed by atoms with Crippen LogP contribution in [0.2, 0.25) is 5.02 Å². The molecular formula is C24H26ClN3O2. The number of hydrogen-bond acceptors (Lipinski definition) is 2. The predicted octanol–water partition coefficient (Wildman–Crippen LogP) is 4.90. The van der Waals surface area contributed by atoms with Gasteiger partial charge in [0.05, 0.1) is 0 Å². The molecule has 2 aromatic carbocycles. The van der Waals surface area contributed by atoms with Gasteiger partial charge in [0.15, 0.2) is 0 Å². The zero-order chi connectivity index (χ0) is 20.7. The number of nitrogens with one attached hydrogen (secondary N) is 1. The van der Waals surface area contributed by atoms with Crippen LogP contribution in [0.4, 0.5) is 4.79 Å². The molecule has 5 nitrogen and oxygen atoms in total. The number of rotatable bonds is 2. The third-order valence-electron chi connectivity index (χ3n) is 6.55. The smallest absolute Gasteiger partial charge is 0.317 e. The minimum absolute atomic E-state index is 0.000926. The Morgan fingerprint density at radius 2 is 1.97 bits per heavy atom. The number of likely N-dealkylation sites (tertiary alicyclic amines) is 1. The van der Waals surface area contributed by atoms with Crippen molar-refractivity contribution in [3.63, 3.8) is 0 Å². The molecule has 0 saturated carbocycles. The van der Waals surface area contributed by atoms with Crippen LogP contribution in [0, 0.1) is 0 Å². The van der Waals surface area contributed by atoms with E-state index in [9.17, 15) is 4.79 Å². The number of amides is 2. The lowest BCUT2D eigenvalue weighted by molar-refractivity contribution is -0.00553. The molecule has 0 radical (unpaired) electrons. The summed E-state index contributed by atoms with van der Waals surface area (Å²) in [6, 6.07) is 14.3. The van der Waals surface area contributed by atoms with Gasteiger partial charge in [0.25, 0.3) is 0 Å². The summed E-state index contributed by atoms with van der Waals surface area (Å²) < 4.78 is 8.50. The van der Waals surface area contributed by atoms with Crippen molar-refractivity contribution in [2.24, 2.45) is 7.05 Å². The maximum atomic E-state index is 12.7. The number of benzene rings is 2. The summed E-state index contributed by atoms with van der Waals surface area (Å²) in [4.78, 5) is 14.6. The molecule has 1 N–H and O–H groups in total. The SMILES string of the molecule is Cn1ccc2cc(CNC(=O)N3CCC4(CCc5cc(Cl)ccc5O4)CC3)ccc21. The molecule has 30 heavy (non-hydrogen) atoms. The standard InChI is InChI=1S/C24H26ClN3O2/c1-27-11-7-18-14-17(2-4-21(18)27)16-26-23(29)28-12-9-24(10-13-28)8-6-19-15-20(25)3-5-22(19)30-24/h2-5,7,11,14-15H,6,8-10,12-13,16H2,1H3,(H,26,29). The van der Waals surface area contributed by atoms with Gasteiger partial charge in [-0.3, -0.25) is 0 Å². The van der Waals surface area contributed by atoms with Crippen LogP contribution >= 0.6 is 11.6 Å². The van der Waals surface area contributed by atoms with Crippen molar-refractivity contribution in [2.75, 3.05) is 13.1 Å². The van der Waals surface area contributed by atoms with E-state index in [4.69, 9.17) is 16.3 Å². The van der Waals surface area contributed by atoms with Crippen LogP contribution in [0.1, 0.15) is 30.4 Å². The summed E-state index contributed by atoms with van der Waals surface area (Å²) in [7, 11) is 2.04. The zero-order valence-electron chi connectivity index (χ0n) is 17.2. The highest BCUT2D eigenvalue weighted by Crippen LogP contribution is 2.40. The van der Waals surface area contributed by atoms with Gasteiger partial charge in [0, 0.05) is 56.3 Å². The average Bonchev–Trinajstić information content (AvgIpc) is 3.13. The Morgan fingerprint density at radius 3 is 2.80 bits per heavy atom. The molecule has 2 amide bonds. The van der Waals surface area contributed by atoms with Crippen LogP contribution in [0.25, 0.3) is 10.9 Å². The van der Waals surface area contributed by atoms with Gasteiger partial charge in [0.2, 0.25) is 0 Å². The topological polar surface area (TPSA) is 46.5 Å². The molecule has 6 heteroatoms. The Kier molecular flexibility index (Phi) is 4.86. The molecule has 3 heterocycles. The van der Waals surface area contributed by atoms with Gasteiger partial charge in [0.1, 0.15) is 11.4 Å². The van der Waals surface area contributed by atoms with Crippen molar-refractivity contribution in [1.29, 1.82) is 0 Å². The summed E-state index contributed by atoms with van der Waals surface area (Å²) >= 11 is 6.10. The number of carbonyl (C=O) groups is 1. The summed E-state index contributed by atoms with van der Waals surface area (Å²) in [5, 5.41) is 5.03. The van der Waals surface area contributed by atoms with Crippen LogP contribution in [0.5, 0.6) is 5.75 Å². The van der Waals surface area contributed by atoms with E-state index in [-0.39, 0.29) is 11.6 Å². The number of fused-ring (bicyclic) bond motifs is 2. The van der Waals surface area contributed by atoms with E-state index >= 15 is 0 Å². The number of carbonyl (C=O) groups excluding carboxylic acids is 1. The number of piperidine rings is 1. The van der Waals surface area contributed by atoms with Gasteiger partial charge in [-0.05, 0) is 65.8 Å². The van der Waals surface area contributed by atoms with Gasteiger partial charge < -0.3 is 19.5 Å². The molecule has 1 aromatic heterocycles. The highest BCUT2D eigenvalue weighted by molar-refractivity contribution is 6.30. The van der Waals surface area contributed by atoms with Gasteiger partial charge in [-0.15, -0.1) is 0 Å². The monoisotopic (exact) mass is 423 g/mol. The number of aryl methyl sites for hydroxylation is 2. The molecule has 3 aromatic rings. The van der Waals surface area contributed by atoms with E-state index in [1.807, 2.05) is 30.1 Å². The second kappa shape index (κ2) is 7.55. The number of ether oxygens (including phenoxy) is 1. The maximum absolute atomic E-state index is 12.7. The van der Waals surface area contributed by atoms with E-state index < -0.39 is 0 Å². The van der Waals surface area contributed by atoms with Crippen molar-refractivity contribution >= 4 is 28.5 Å². The summed E-state index contributed by atoms with van der Waals surface area (Å²) in [6.45, 7) is 1.97. The van der Waals surface area contributed by atoms with Crippen molar-refractivity contribution in [3.05, 3.63) is 64.8 Å². The van der Waals surface area contributed by atoms with Gasteiger partial charge >= 0.3 is 6.03 Å². The minimum atomic E-state index is -0.157. The molecule has 1 spiro atoms. The van der Waals surface area contributed by atoms with E-state index in [1.165, 1.54) is 16.5 Å². The highest BCUT2D eigenvalue weighted by atomic mass is 35.5. The fourth-order valence-electron chi connectivity index (χ4n) is 4.69. The predicted molar refractivity (Wildman–Crippen MR) is 119 cm³/mol. The first kappa shape index (κ1) is 19.3. The van der Waals surface area contributed by atoms with E-state index in [0.717, 1.165) is 42.0 Å². The van der Waals surface area contributed by atoms with Crippen molar-refractivity contribution in [2.45, 2.75) is 37.8 Å². The lowest BCUT2D eigenvalue weighted by Gasteiger charge is -2.44. The quantitative estimate of drug-likeness (QED) is 0.637. The molecule has 5 rings (SSSR count). The van der Waals surface area contributed by atoms with Gasteiger partial charge in [-0.2, -0.15) is 0 Å². The van der Waals surface area contributed by atoms with Crippen LogP contribution in [0.15, 0.2) is 48.7 Å². The third kappa shape index (κ3) is 3.63. The molecule has 1 saturated heterocycles. The number of nitrogens with zero attached hydrogens (tertiary/aromatic N) is 2. The first-order valence-electron chi connectivity index (χ1n) is 10.6. The summed E-state index contributed by atoms with van der Waals surface area (Å²) in [5.74, 6) is 0.944. The van der Waals surface area contributed by atoms with Crippen molar-refractivity contribution < 1.29 is 9.53 Å². The molecule has 0 bridgehead atoms. The highest BCUT2D eigenvalue weighted by Gasteiger charge is 2.40. The largest absolute Gasteiger partial charge is 0.487 e. The molecule has 2 aliphatic rings. The molecule has 0 unspecified atom stereocenters. The number of hydrogen-bond donors (Lipinski definition) is 1. The number of urea groups is 1.